The third-order valence-corrected chi connectivity index (χ3v) is 2.20. The fraction of sp³-hybridized carbons (Fsp3) is 0.455. The lowest BCUT2D eigenvalue weighted by atomic mass is 10.00. The van der Waals surface area contributed by atoms with Crippen LogP contribution < -0.4 is 5.73 Å². The Kier molecular flexibility index (Phi) is 3.43. The summed E-state index contributed by atoms with van der Waals surface area (Å²) in [5.74, 6) is 0.510. The molecule has 0 saturated carbocycles. The third kappa shape index (κ3) is 2.52. The summed E-state index contributed by atoms with van der Waals surface area (Å²) in [5.41, 5.74) is 7.67. The van der Waals surface area contributed by atoms with Gasteiger partial charge in [0.05, 0.1) is 6.04 Å². The highest BCUT2D eigenvalue weighted by Gasteiger charge is 2.05. The molecule has 0 fully saturated rings. The van der Waals surface area contributed by atoms with Crippen molar-refractivity contribution >= 4 is 0 Å². The number of nitrogens with two attached hydrogens (primary N) is 1. The van der Waals surface area contributed by atoms with Crippen LogP contribution in [-0.4, -0.2) is 6.67 Å². The summed E-state index contributed by atoms with van der Waals surface area (Å²) in [6.45, 7) is 3.76. The van der Waals surface area contributed by atoms with Crippen molar-refractivity contribution < 1.29 is 4.39 Å². The fourth-order valence-corrected chi connectivity index (χ4v) is 1.22. The van der Waals surface area contributed by atoms with Crippen LogP contribution in [-0.2, 0) is 0 Å². The van der Waals surface area contributed by atoms with Gasteiger partial charge in [0, 0.05) is 0 Å². The van der Waals surface area contributed by atoms with Crippen LogP contribution in [0.25, 0.3) is 0 Å². The highest BCUT2D eigenvalue weighted by molar-refractivity contribution is 5.26. The number of hydrogen-bond acceptors (Lipinski definition) is 1. The SMILES string of the molecule is CC(C)c1ccc(C(N)CF)cc1. The molecule has 0 radical (unpaired) electrons. The molecule has 1 nitrogen and oxygen atoms in total. The van der Waals surface area contributed by atoms with Gasteiger partial charge in [0.2, 0.25) is 0 Å². The van der Waals surface area contributed by atoms with E-state index in [1.165, 1.54) is 5.56 Å². The molecule has 0 saturated heterocycles. The van der Waals surface area contributed by atoms with Crippen molar-refractivity contribution in [1.82, 2.24) is 0 Å². The second kappa shape index (κ2) is 4.38. The Balaban J connectivity index is 2.81. The van der Waals surface area contributed by atoms with Crippen LogP contribution in [0.5, 0.6) is 0 Å². The van der Waals surface area contributed by atoms with E-state index in [2.05, 4.69) is 13.8 Å². The largest absolute Gasteiger partial charge is 0.322 e. The van der Waals surface area contributed by atoms with Crippen molar-refractivity contribution in [2.24, 2.45) is 5.73 Å². The van der Waals surface area contributed by atoms with Crippen molar-refractivity contribution in [3.63, 3.8) is 0 Å². The lowest BCUT2D eigenvalue weighted by Crippen LogP contribution is -2.11. The smallest absolute Gasteiger partial charge is 0.109 e. The van der Waals surface area contributed by atoms with Crippen molar-refractivity contribution in [2.75, 3.05) is 6.67 Å². The Bertz CT molecular complexity index is 253. The molecule has 0 heterocycles. The van der Waals surface area contributed by atoms with Gasteiger partial charge >= 0.3 is 0 Å². The summed E-state index contributed by atoms with van der Waals surface area (Å²) in [4.78, 5) is 0. The van der Waals surface area contributed by atoms with Crippen LogP contribution in [0, 0.1) is 0 Å². The summed E-state index contributed by atoms with van der Waals surface area (Å²) < 4.78 is 12.2. The fourth-order valence-electron chi connectivity index (χ4n) is 1.22. The number of alkyl halides is 1. The Morgan fingerprint density at radius 1 is 1.15 bits per heavy atom. The van der Waals surface area contributed by atoms with Gasteiger partial charge in [0.25, 0.3) is 0 Å². The topological polar surface area (TPSA) is 26.0 Å². The first-order chi connectivity index (χ1) is 6.15. The van der Waals surface area contributed by atoms with Crippen molar-refractivity contribution in [2.45, 2.75) is 25.8 Å². The van der Waals surface area contributed by atoms with Gasteiger partial charge in [-0.3, -0.25) is 0 Å². The van der Waals surface area contributed by atoms with Crippen LogP contribution >= 0.6 is 0 Å². The van der Waals surface area contributed by atoms with Gasteiger partial charge in [-0.1, -0.05) is 38.1 Å². The maximum atomic E-state index is 12.2. The highest BCUT2D eigenvalue weighted by Crippen LogP contribution is 2.17. The Hall–Kier alpha value is -0.890. The van der Waals surface area contributed by atoms with Gasteiger partial charge in [-0.05, 0) is 17.0 Å². The maximum absolute atomic E-state index is 12.2. The molecule has 2 N–H and O–H groups in total. The number of rotatable bonds is 3. The second-order valence-corrected chi connectivity index (χ2v) is 3.58. The molecule has 13 heavy (non-hydrogen) atoms. The molecule has 2 heteroatoms. The minimum absolute atomic E-state index is 0.471. The molecule has 1 unspecified atom stereocenters. The van der Waals surface area contributed by atoms with E-state index in [1.54, 1.807) is 0 Å². The maximum Gasteiger partial charge on any atom is 0.109 e. The van der Waals surface area contributed by atoms with E-state index >= 15 is 0 Å². The monoisotopic (exact) mass is 181 g/mol. The zero-order chi connectivity index (χ0) is 9.84. The Morgan fingerprint density at radius 2 is 1.62 bits per heavy atom. The number of hydrogen-bond donors (Lipinski definition) is 1. The molecule has 0 aliphatic rings. The lowest BCUT2D eigenvalue weighted by molar-refractivity contribution is 0.437. The van der Waals surface area contributed by atoms with E-state index in [0.717, 1.165) is 5.56 Å². The van der Waals surface area contributed by atoms with Gasteiger partial charge in [-0.25, -0.2) is 4.39 Å². The summed E-state index contributed by atoms with van der Waals surface area (Å²) in [6.07, 6.45) is 0. The zero-order valence-corrected chi connectivity index (χ0v) is 8.13. The van der Waals surface area contributed by atoms with Crippen molar-refractivity contribution in [3.8, 4) is 0 Å². The van der Waals surface area contributed by atoms with Gasteiger partial charge in [-0.2, -0.15) is 0 Å². The molecule has 0 spiro atoms. The van der Waals surface area contributed by atoms with Crippen LogP contribution in [0.3, 0.4) is 0 Å². The average Bonchev–Trinajstić information content (AvgIpc) is 2.17. The lowest BCUT2D eigenvalue weighted by Gasteiger charge is -2.09. The van der Waals surface area contributed by atoms with Gasteiger partial charge in [-0.15, -0.1) is 0 Å². The minimum atomic E-state index is -0.499. The molecule has 0 bridgehead atoms. The minimum Gasteiger partial charge on any atom is -0.322 e. The van der Waals surface area contributed by atoms with Gasteiger partial charge in [0.15, 0.2) is 0 Å². The number of halogens is 1. The van der Waals surface area contributed by atoms with Crippen LogP contribution in [0.1, 0.15) is 36.9 Å². The molecule has 1 aromatic carbocycles. The van der Waals surface area contributed by atoms with Crippen LogP contribution in [0.2, 0.25) is 0 Å². The zero-order valence-electron chi connectivity index (χ0n) is 8.13. The molecule has 0 aliphatic heterocycles. The number of benzene rings is 1. The van der Waals surface area contributed by atoms with E-state index in [1.807, 2.05) is 24.3 Å². The first-order valence-electron chi connectivity index (χ1n) is 4.56. The average molecular weight is 181 g/mol. The molecule has 0 amide bonds. The summed E-state index contributed by atoms with van der Waals surface area (Å²) >= 11 is 0. The normalized spacial score (nSPS) is 13.3. The quantitative estimate of drug-likeness (QED) is 0.762. The predicted molar refractivity (Wildman–Crippen MR) is 53.4 cm³/mol. The van der Waals surface area contributed by atoms with Gasteiger partial charge < -0.3 is 5.73 Å². The standard InChI is InChI=1S/C11H16FN/c1-8(2)9-3-5-10(6-4-9)11(13)7-12/h3-6,8,11H,7,13H2,1-2H3. The molecule has 1 atom stereocenters. The molecule has 1 rings (SSSR count). The Labute approximate surface area is 78.8 Å². The molecule has 1 aromatic rings. The van der Waals surface area contributed by atoms with Crippen molar-refractivity contribution in [3.05, 3.63) is 35.4 Å². The predicted octanol–water partition coefficient (Wildman–Crippen LogP) is 2.78. The highest BCUT2D eigenvalue weighted by atomic mass is 19.1. The first kappa shape index (κ1) is 10.2. The summed E-state index contributed by atoms with van der Waals surface area (Å²) in [5, 5.41) is 0. The van der Waals surface area contributed by atoms with E-state index < -0.39 is 12.7 Å². The molecule has 0 aliphatic carbocycles. The van der Waals surface area contributed by atoms with Crippen LogP contribution in [0.15, 0.2) is 24.3 Å². The van der Waals surface area contributed by atoms with Crippen LogP contribution in [0.4, 0.5) is 4.39 Å². The van der Waals surface area contributed by atoms with Crippen molar-refractivity contribution in [1.29, 1.82) is 0 Å². The summed E-state index contributed by atoms with van der Waals surface area (Å²) in [6, 6.07) is 7.35. The summed E-state index contributed by atoms with van der Waals surface area (Å²) in [7, 11) is 0. The van der Waals surface area contributed by atoms with Gasteiger partial charge in [0.1, 0.15) is 6.67 Å². The van der Waals surface area contributed by atoms with E-state index in [0.29, 0.717) is 5.92 Å². The molecular formula is C11H16FN. The molecular weight excluding hydrogens is 165 g/mol. The van der Waals surface area contributed by atoms with E-state index in [4.69, 9.17) is 5.73 Å². The first-order valence-corrected chi connectivity index (χ1v) is 4.56. The van der Waals surface area contributed by atoms with E-state index in [9.17, 15) is 4.39 Å². The Morgan fingerprint density at radius 3 is 2.00 bits per heavy atom. The third-order valence-electron chi connectivity index (χ3n) is 2.20. The molecule has 0 aromatic heterocycles. The second-order valence-electron chi connectivity index (χ2n) is 3.58. The molecule has 72 valence electrons. The van der Waals surface area contributed by atoms with E-state index in [-0.39, 0.29) is 0 Å².